The molecule has 1 saturated heterocycles. The number of anilines is 3. The van der Waals surface area contributed by atoms with E-state index in [1.165, 1.54) is 0 Å². The first-order chi connectivity index (χ1) is 10.3. The van der Waals surface area contributed by atoms with Crippen molar-refractivity contribution in [2.45, 2.75) is 32.6 Å². The predicted molar refractivity (Wildman–Crippen MR) is 83.1 cm³/mol. The second kappa shape index (κ2) is 7.94. The van der Waals surface area contributed by atoms with Gasteiger partial charge in [-0.25, -0.2) is 5.84 Å². The Bertz CT molecular complexity index is 437. The van der Waals surface area contributed by atoms with Crippen LogP contribution in [0.25, 0.3) is 0 Å². The van der Waals surface area contributed by atoms with Gasteiger partial charge in [-0.1, -0.05) is 13.3 Å². The van der Waals surface area contributed by atoms with E-state index in [-0.39, 0.29) is 6.61 Å². The molecule has 1 aromatic heterocycles. The van der Waals surface area contributed by atoms with Gasteiger partial charge in [-0.3, -0.25) is 5.43 Å². The van der Waals surface area contributed by atoms with Crippen molar-refractivity contribution in [2.75, 3.05) is 41.9 Å². The topological polar surface area (TPSA) is 112 Å². The molecular weight excluding hydrogens is 270 g/mol. The molecule has 1 aromatic rings. The molecule has 5 N–H and O–H groups in total. The van der Waals surface area contributed by atoms with E-state index in [9.17, 15) is 0 Å². The van der Waals surface area contributed by atoms with Crippen molar-refractivity contribution in [3.63, 3.8) is 0 Å². The Kier molecular flexibility index (Phi) is 5.94. The summed E-state index contributed by atoms with van der Waals surface area (Å²) in [7, 11) is 0. The number of aliphatic hydroxyl groups excluding tert-OH is 1. The van der Waals surface area contributed by atoms with E-state index < -0.39 is 0 Å². The van der Waals surface area contributed by atoms with Crippen LogP contribution in [0.1, 0.15) is 32.6 Å². The van der Waals surface area contributed by atoms with E-state index in [1.807, 2.05) is 0 Å². The van der Waals surface area contributed by atoms with Gasteiger partial charge in [0.1, 0.15) is 0 Å². The van der Waals surface area contributed by atoms with E-state index in [0.29, 0.717) is 23.8 Å². The lowest BCUT2D eigenvalue weighted by atomic mass is 10.0. The van der Waals surface area contributed by atoms with E-state index >= 15 is 0 Å². The quantitative estimate of drug-likeness (QED) is 0.407. The third-order valence-corrected chi connectivity index (χ3v) is 3.81. The molecule has 0 radical (unpaired) electrons. The summed E-state index contributed by atoms with van der Waals surface area (Å²) in [6.07, 6.45) is 4.09. The van der Waals surface area contributed by atoms with E-state index in [4.69, 9.17) is 10.9 Å². The first-order valence-corrected chi connectivity index (χ1v) is 7.59. The molecule has 21 heavy (non-hydrogen) atoms. The van der Waals surface area contributed by atoms with Gasteiger partial charge in [0.15, 0.2) is 0 Å². The molecular formula is C13H25N7O. The summed E-state index contributed by atoms with van der Waals surface area (Å²) in [5, 5.41) is 12.3. The average molecular weight is 295 g/mol. The zero-order valence-corrected chi connectivity index (χ0v) is 12.5. The molecule has 118 valence electrons. The predicted octanol–water partition coefficient (Wildman–Crippen LogP) is 0.578. The fourth-order valence-electron chi connectivity index (χ4n) is 2.44. The second-order valence-corrected chi connectivity index (χ2v) is 5.29. The molecule has 2 heterocycles. The molecule has 8 heteroatoms. The fraction of sp³-hybridized carbons (Fsp3) is 0.769. The minimum Gasteiger partial charge on any atom is -0.396 e. The lowest BCUT2D eigenvalue weighted by Crippen LogP contribution is -2.24. The molecule has 2 rings (SSSR count). The molecule has 0 spiro atoms. The van der Waals surface area contributed by atoms with Crippen LogP contribution in [0.3, 0.4) is 0 Å². The highest BCUT2D eigenvalue weighted by Gasteiger charge is 2.17. The summed E-state index contributed by atoms with van der Waals surface area (Å²) in [5.41, 5.74) is 2.49. The number of aromatic nitrogens is 3. The van der Waals surface area contributed by atoms with Crippen LogP contribution in [-0.2, 0) is 0 Å². The third kappa shape index (κ3) is 4.40. The Hall–Kier alpha value is -1.67. The molecule has 1 aliphatic heterocycles. The number of rotatable bonds is 8. The summed E-state index contributed by atoms with van der Waals surface area (Å²) < 4.78 is 0. The minimum atomic E-state index is 0.200. The minimum absolute atomic E-state index is 0.200. The van der Waals surface area contributed by atoms with Crippen molar-refractivity contribution in [3.05, 3.63) is 0 Å². The number of hydrogen-bond acceptors (Lipinski definition) is 8. The molecule has 1 atom stereocenters. The lowest BCUT2D eigenvalue weighted by molar-refractivity contribution is 0.258. The van der Waals surface area contributed by atoms with Gasteiger partial charge >= 0.3 is 0 Å². The number of nitrogens with zero attached hydrogens (tertiary/aromatic N) is 4. The molecule has 0 amide bonds. The second-order valence-electron chi connectivity index (χ2n) is 5.29. The van der Waals surface area contributed by atoms with E-state index in [0.717, 1.165) is 45.3 Å². The summed E-state index contributed by atoms with van der Waals surface area (Å²) in [5.74, 6) is 7.38. The molecule has 1 aliphatic rings. The van der Waals surface area contributed by atoms with Crippen LogP contribution in [0.4, 0.5) is 17.8 Å². The van der Waals surface area contributed by atoms with Gasteiger partial charge in [0, 0.05) is 26.2 Å². The first-order valence-electron chi connectivity index (χ1n) is 7.59. The van der Waals surface area contributed by atoms with E-state index in [1.54, 1.807) is 0 Å². The summed E-state index contributed by atoms with van der Waals surface area (Å²) >= 11 is 0. The highest BCUT2D eigenvalue weighted by atomic mass is 16.3. The number of nitrogens with one attached hydrogen (secondary N) is 2. The zero-order chi connectivity index (χ0) is 15.1. The maximum absolute atomic E-state index is 9.03. The molecule has 1 unspecified atom stereocenters. The van der Waals surface area contributed by atoms with Gasteiger partial charge in [-0.05, 0) is 25.2 Å². The summed E-state index contributed by atoms with van der Waals surface area (Å²) in [6, 6.07) is 0. The highest BCUT2D eigenvalue weighted by Crippen LogP contribution is 2.18. The van der Waals surface area contributed by atoms with Gasteiger partial charge in [-0.2, -0.15) is 15.0 Å². The Morgan fingerprint density at radius 1 is 1.24 bits per heavy atom. The lowest BCUT2D eigenvalue weighted by Gasteiger charge is -2.18. The Morgan fingerprint density at radius 2 is 1.95 bits per heavy atom. The van der Waals surface area contributed by atoms with Crippen LogP contribution >= 0.6 is 0 Å². The van der Waals surface area contributed by atoms with Crippen LogP contribution in [0.15, 0.2) is 0 Å². The van der Waals surface area contributed by atoms with Crippen molar-refractivity contribution in [1.29, 1.82) is 0 Å². The standard InChI is InChI=1S/C13H25N7O/c1-2-10(5-8-21)9-15-11-16-12(19-14)18-13(17-11)20-6-3-4-7-20/h10,21H,2-9,14H2,1H3,(H2,15,16,17,18,19). The van der Waals surface area contributed by atoms with Gasteiger partial charge in [0.05, 0.1) is 0 Å². The Balaban J connectivity index is 2.05. The molecule has 8 nitrogen and oxygen atoms in total. The van der Waals surface area contributed by atoms with Crippen LogP contribution in [0, 0.1) is 5.92 Å². The first kappa shape index (κ1) is 15.7. The summed E-state index contributed by atoms with van der Waals surface area (Å²) in [4.78, 5) is 15.1. The number of hydrazine groups is 1. The Labute approximate surface area is 125 Å². The number of nitrogens with two attached hydrogens (primary N) is 1. The molecule has 1 fully saturated rings. The number of aliphatic hydroxyl groups is 1. The average Bonchev–Trinajstić information content (AvgIpc) is 3.05. The maximum atomic E-state index is 9.03. The van der Waals surface area contributed by atoms with Crippen molar-refractivity contribution < 1.29 is 5.11 Å². The normalized spacial score (nSPS) is 16.0. The van der Waals surface area contributed by atoms with Crippen LogP contribution in [-0.4, -0.2) is 46.3 Å². The van der Waals surface area contributed by atoms with Crippen LogP contribution in [0.5, 0.6) is 0 Å². The third-order valence-electron chi connectivity index (χ3n) is 3.81. The number of nitrogen functional groups attached to an aromatic ring is 1. The fourth-order valence-corrected chi connectivity index (χ4v) is 2.44. The largest absolute Gasteiger partial charge is 0.396 e. The highest BCUT2D eigenvalue weighted by molar-refractivity contribution is 5.43. The van der Waals surface area contributed by atoms with Crippen molar-refractivity contribution >= 4 is 17.8 Å². The van der Waals surface area contributed by atoms with Crippen molar-refractivity contribution in [3.8, 4) is 0 Å². The maximum Gasteiger partial charge on any atom is 0.243 e. The van der Waals surface area contributed by atoms with Gasteiger partial charge in [0.2, 0.25) is 17.8 Å². The monoisotopic (exact) mass is 295 g/mol. The van der Waals surface area contributed by atoms with Gasteiger partial charge in [-0.15, -0.1) is 0 Å². The van der Waals surface area contributed by atoms with Crippen molar-refractivity contribution in [2.24, 2.45) is 11.8 Å². The smallest absolute Gasteiger partial charge is 0.243 e. The van der Waals surface area contributed by atoms with E-state index in [2.05, 4.69) is 37.5 Å². The van der Waals surface area contributed by atoms with Crippen LogP contribution in [0.2, 0.25) is 0 Å². The van der Waals surface area contributed by atoms with Gasteiger partial charge in [0.25, 0.3) is 0 Å². The molecule has 0 saturated carbocycles. The van der Waals surface area contributed by atoms with Gasteiger partial charge < -0.3 is 15.3 Å². The SMILES string of the molecule is CCC(CCO)CNc1nc(NN)nc(N2CCCC2)n1. The number of hydrogen-bond donors (Lipinski definition) is 4. The summed E-state index contributed by atoms with van der Waals surface area (Å²) in [6.45, 7) is 4.97. The molecule has 0 bridgehead atoms. The molecule has 0 aromatic carbocycles. The van der Waals surface area contributed by atoms with Crippen LogP contribution < -0.4 is 21.5 Å². The molecule has 0 aliphatic carbocycles. The Morgan fingerprint density at radius 3 is 2.57 bits per heavy atom. The van der Waals surface area contributed by atoms with Crippen molar-refractivity contribution in [1.82, 2.24) is 15.0 Å². The zero-order valence-electron chi connectivity index (χ0n) is 12.5.